The quantitative estimate of drug-likeness (QED) is 0.895. The molecule has 0 bridgehead atoms. The van der Waals surface area contributed by atoms with Crippen LogP contribution in [0.1, 0.15) is 23.6 Å². The van der Waals surface area contributed by atoms with Crippen molar-refractivity contribution in [3.05, 3.63) is 65.2 Å². The normalized spacial score (nSPS) is 13.6. The Morgan fingerprint density at radius 2 is 1.75 bits per heavy atom. The molecule has 0 fully saturated rings. The summed E-state index contributed by atoms with van der Waals surface area (Å²) >= 11 is 0. The summed E-state index contributed by atoms with van der Waals surface area (Å²) in [5.74, 6) is -0.395. The van der Waals surface area contributed by atoms with Gasteiger partial charge in [-0.05, 0) is 44.0 Å². The highest BCUT2D eigenvalue weighted by Gasteiger charge is 2.34. The molecule has 104 valence electrons. The molecule has 0 aliphatic carbocycles. The molecule has 2 rings (SSSR count). The average molecular weight is 268 g/mol. The first-order chi connectivity index (χ1) is 9.43. The highest BCUT2D eigenvalue weighted by molar-refractivity contribution is 5.89. The summed E-state index contributed by atoms with van der Waals surface area (Å²) in [5, 5.41) is 3.26. The lowest BCUT2D eigenvalue weighted by Crippen LogP contribution is -2.45. The van der Waals surface area contributed by atoms with Gasteiger partial charge in [0, 0.05) is 5.69 Å². The van der Waals surface area contributed by atoms with Gasteiger partial charge in [0.15, 0.2) is 0 Å². The van der Waals surface area contributed by atoms with Crippen molar-refractivity contribution in [2.75, 3.05) is 5.32 Å². The largest absolute Gasteiger partial charge is 0.368 e. The van der Waals surface area contributed by atoms with Crippen LogP contribution >= 0.6 is 0 Å². The van der Waals surface area contributed by atoms with Crippen LogP contribution < -0.4 is 11.1 Å². The maximum Gasteiger partial charge on any atom is 0.247 e. The molecular weight excluding hydrogens is 248 g/mol. The summed E-state index contributed by atoms with van der Waals surface area (Å²) in [7, 11) is 0. The molecule has 0 saturated carbocycles. The molecule has 0 aliphatic heterocycles. The third-order valence-electron chi connectivity index (χ3n) is 3.58. The molecule has 0 spiro atoms. The van der Waals surface area contributed by atoms with E-state index >= 15 is 0 Å². The van der Waals surface area contributed by atoms with E-state index in [9.17, 15) is 4.79 Å². The van der Waals surface area contributed by atoms with Crippen LogP contribution in [0.15, 0.2) is 48.5 Å². The molecule has 3 heteroatoms. The Bertz CT molecular complexity index is 622. The molecule has 0 radical (unpaired) electrons. The highest BCUT2D eigenvalue weighted by Crippen LogP contribution is 2.29. The van der Waals surface area contributed by atoms with Gasteiger partial charge in [-0.2, -0.15) is 0 Å². The van der Waals surface area contributed by atoms with Crippen molar-refractivity contribution < 1.29 is 4.79 Å². The predicted molar refractivity (Wildman–Crippen MR) is 82.5 cm³/mol. The number of nitrogens with two attached hydrogens (primary N) is 1. The fraction of sp³-hybridized carbons (Fsp3) is 0.235. The highest BCUT2D eigenvalue weighted by atomic mass is 16.1. The summed E-state index contributed by atoms with van der Waals surface area (Å²) in [6, 6.07) is 15.6. The van der Waals surface area contributed by atoms with E-state index in [1.54, 1.807) is 0 Å². The first-order valence-electron chi connectivity index (χ1n) is 6.64. The minimum absolute atomic E-state index is 0.395. The third kappa shape index (κ3) is 2.67. The van der Waals surface area contributed by atoms with E-state index in [-0.39, 0.29) is 0 Å². The number of benzene rings is 2. The van der Waals surface area contributed by atoms with Gasteiger partial charge in [0.2, 0.25) is 5.91 Å². The summed E-state index contributed by atoms with van der Waals surface area (Å²) < 4.78 is 0. The van der Waals surface area contributed by atoms with Crippen LogP contribution in [-0.2, 0) is 10.3 Å². The Hall–Kier alpha value is -2.29. The SMILES string of the molecule is Cc1ccc(C(C)(Nc2ccccc2)C(N)=O)c(C)c1. The maximum atomic E-state index is 12.0. The van der Waals surface area contributed by atoms with Crippen molar-refractivity contribution in [3.8, 4) is 0 Å². The van der Waals surface area contributed by atoms with E-state index in [4.69, 9.17) is 5.73 Å². The van der Waals surface area contributed by atoms with E-state index in [0.717, 1.165) is 22.4 Å². The molecule has 3 N–H and O–H groups in total. The Kier molecular flexibility index (Phi) is 3.79. The van der Waals surface area contributed by atoms with Gasteiger partial charge >= 0.3 is 0 Å². The van der Waals surface area contributed by atoms with Gasteiger partial charge in [0.25, 0.3) is 0 Å². The minimum atomic E-state index is -0.931. The Morgan fingerprint density at radius 3 is 2.30 bits per heavy atom. The second kappa shape index (κ2) is 5.37. The number of hydrogen-bond acceptors (Lipinski definition) is 2. The van der Waals surface area contributed by atoms with Gasteiger partial charge in [-0.1, -0.05) is 42.0 Å². The Morgan fingerprint density at radius 1 is 1.10 bits per heavy atom. The molecule has 1 amide bonds. The fourth-order valence-electron chi connectivity index (χ4n) is 2.45. The molecule has 3 nitrogen and oxygen atoms in total. The van der Waals surface area contributed by atoms with Crippen molar-refractivity contribution in [1.29, 1.82) is 0 Å². The van der Waals surface area contributed by atoms with E-state index in [1.165, 1.54) is 0 Å². The van der Waals surface area contributed by atoms with Gasteiger partial charge in [-0.3, -0.25) is 4.79 Å². The topological polar surface area (TPSA) is 55.1 Å². The Labute approximate surface area is 119 Å². The van der Waals surface area contributed by atoms with Crippen LogP contribution in [0.25, 0.3) is 0 Å². The van der Waals surface area contributed by atoms with Crippen LogP contribution in [0, 0.1) is 13.8 Å². The fourth-order valence-corrected chi connectivity index (χ4v) is 2.45. The van der Waals surface area contributed by atoms with Gasteiger partial charge in [-0.25, -0.2) is 0 Å². The number of carbonyl (C=O) groups excluding carboxylic acids is 1. The number of carbonyl (C=O) groups is 1. The first-order valence-corrected chi connectivity index (χ1v) is 6.64. The lowest BCUT2D eigenvalue weighted by molar-refractivity contribution is -0.122. The smallest absolute Gasteiger partial charge is 0.247 e. The monoisotopic (exact) mass is 268 g/mol. The predicted octanol–water partition coefficient (Wildman–Crippen LogP) is 3.12. The molecule has 1 unspecified atom stereocenters. The number of rotatable bonds is 4. The molecule has 0 heterocycles. The van der Waals surface area contributed by atoms with Gasteiger partial charge in [0.1, 0.15) is 5.54 Å². The maximum absolute atomic E-state index is 12.0. The number of amides is 1. The van der Waals surface area contributed by atoms with Gasteiger partial charge < -0.3 is 11.1 Å². The number of nitrogens with one attached hydrogen (secondary N) is 1. The number of para-hydroxylation sites is 1. The minimum Gasteiger partial charge on any atom is -0.368 e. The molecule has 20 heavy (non-hydrogen) atoms. The van der Waals surface area contributed by atoms with E-state index in [0.29, 0.717) is 0 Å². The Balaban J connectivity index is 2.47. The third-order valence-corrected chi connectivity index (χ3v) is 3.58. The number of anilines is 1. The lowest BCUT2D eigenvalue weighted by Gasteiger charge is -2.30. The van der Waals surface area contributed by atoms with Crippen molar-refractivity contribution in [3.63, 3.8) is 0 Å². The van der Waals surface area contributed by atoms with Crippen LogP contribution in [0.5, 0.6) is 0 Å². The zero-order valence-corrected chi connectivity index (χ0v) is 12.1. The summed E-state index contributed by atoms with van der Waals surface area (Å²) in [6.07, 6.45) is 0. The van der Waals surface area contributed by atoms with Gasteiger partial charge in [-0.15, -0.1) is 0 Å². The molecule has 0 aliphatic rings. The first kappa shape index (κ1) is 14.1. The lowest BCUT2D eigenvalue weighted by atomic mass is 9.86. The second-order valence-corrected chi connectivity index (χ2v) is 5.30. The van der Waals surface area contributed by atoms with Crippen molar-refractivity contribution >= 4 is 11.6 Å². The summed E-state index contributed by atoms with van der Waals surface area (Å²) in [4.78, 5) is 12.0. The molecule has 0 saturated heterocycles. The van der Waals surface area contributed by atoms with Crippen LogP contribution in [-0.4, -0.2) is 5.91 Å². The van der Waals surface area contributed by atoms with Crippen LogP contribution in [0.3, 0.4) is 0 Å². The summed E-state index contributed by atoms with van der Waals surface area (Å²) in [6.45, 7) is 5.85. The number of aryl methyl sites for hydroxylation is 2. The standard InChI is InChI=1S/C17H20N2O/c1-12-9-10-15(13(2)11-12)17(3,16(18)20)19-14-7-5-4-6-8-14/h4-11,19H,1-3H3,(H2,18,20). The molecule has 2 aromatic carbocycles. The molecule has 2 aromatic rings. The zero-order chi connectivity index (χ0) is 14.8. The number of hydrogen-bond donors (Lipinski definition) is 2. The van der Waals surface area contributed by atoms with Crippen molar-refractivity contribution in [2.45, 2.75) is 26.3 Å². The van der Waals surface area contributed by atoms with E-state index in [2.05, 4.69) is 11.4 Å². The zero-order valence-electron chi connectivity index (χ0n) is 12.1. The molecule has 0 aromatic heterocycles. The van der Waals surface area contributed by atoms with Crippen molar-refractivity contribution in [2.24, 2.45) is 5.73 Å². The van der Waals surface area contributed by atoms with E-state index < -0.39 is 11.4 Å². The van der Waals surface area contributed by atoms with E-state index in [1.807, 2.05) is 63.2 Å². The molecular formula is C17H20N2O. The molecule has 1 atom stereocenters. The average Bonchev–Trinajstić information content (AvgIpc) is 2.39. The van der Waals surface area contributed by atoms with Crippen LogP contribution in [0.4, 0.5) is 5.69 Å². The van der Waals surface area contributed by atoms with Crippen molar-refractivity contribution in [1.82, 2.24) is 0 Å². The number of primary amides is 1. The van der Waals surface area contributed by atoms with Gasteiger partial charge in [0.05, 0.1) is 0 Å². The van der Waals surface area contributed by atoms with Crippen LogP contribution in [0.2, 0.25) is 0 Å². The second-order valence-electron chi connectivity index (χ2n) is 5.30. The summed E-state index contributed by atoms with van der Waals surface area (Å²) in [5.41, 5.74) is 8.71.